The Bertz CT molecular complexity index is 315. The van der Waals surface area contributed by atoms with Crippen LogP contribution in [0.1, 0.15) is 17.3 Å². The zero-order chi connectivity index (χ0) is 11.7. The second-order valence-corrected chi connectivity index (χ2v) is 2.52. The maximum Gasteiger partial charge on any atom is 0.403 e. The summed E-state index contributed by atoms with van der Waals surface area (Å²) in [5.41, 5.74) is -0.470. The van der Waals surface area contributed by atoms with Gasteiger partial charge in [0.15, 0.2) is 0 Å². The minimum atomic E-state index is -0.919. The predicted molar refractivity (Wildman–Crippen MR) is 54.1 cm³/mol. The van der Waals surface area contributed by atoms with Gasteiger partial charge in [-0.15, -0.1) is 0 Å². The highest BCUT2D eigenvalue weighted by molar-refractivity contribution is 6.61. The van der Waals surface area contributed by atoms with Crippen molar-refractivity contribution in [3.8, 4) is 0 Å². The van der Waals surface area contributed by atoms with Crippen molar-refractivity contribution in [3.63, 3.8) is 0 Å². The number of carbonyl (C=O) groups excluding carboxylic acids is 1. The van der Waals surface area contributed by atoms with Crippen LogP contribution in [0.2, 0.25) is 0 Å². The van der Waals surface area contributed by atoms with Crippen molar-refractivity contribution in [2.24, 2.45) is 0 Å². The molecule has 0 fully saturated rings. The highest BCUT2D eigenvalue weighted by atomic mass is 35.5. The van der Waals surface area contributed by atoms with Crippen molar-refractivity contribution in [1.29, 1.82) is 0 Å². The van der Waals surface area contributed by atoms with Crippen molar-refractivity contribution in [1.82, 2.24) is 4.98 Å². The molecule has 0 aliphatic carbocycles. The standard InChI is InChI=1S/C6H5NO2.C3H5ClO2/c8-6(9)5-1-3-7-4-2-5;1-2-6-3(4)5/h1-4H,(H,8,9);2H2,1H3. The minimum absolute atomic E-state index is 0.269. The molecule has 0 aromatic carbocycles. The molecule has 0 saturated heterocycles. The topological polar surface area (TPSA) is 76.5 Å². The van der Waals surface area contributed by atoms with Gasteiger partial charge in [0.1, 0.15) is 0 Å². The van der Waals surface area contributed by atoms with Crippen LogP contribution in [0, 0.1) is 0 Å². The molecule has 0 atom stereocenters. The summed E-state index contributed by atoms with van der Waals surface area (Å²) in [4.78, 5) is 23.4. The molecule has 0 spiro atoms. The summed E-state index contributed by atoms with van der Waals surface area (Å²) < 4.78 is 4.17. The van der Waals surface area contributed by atoms with Gasteiger partial charge in [-0.25, -0.2) is 9.59 Å². The molecule has 1 rings (SSSR count). The lowest BCUT2D eigenvalue weighted by Gasteiger charge is -1.87. The summed E-state index contributed by atoms with van der Waals surface area (Å²) in [5, 5.41) is 8.36. The molecule has 0 amide bonds. The molecule has 1 heterocycles. The molecule has 82 valence electrons. The zero-order valence-electron chi connectivity index (χ0n) is 8.01. The van der Waals surface area contributed by atoms with Crippen molar-refractivity contribution >= 4 is 23.0 Å². The van der Waals surface area contributed by atoms with Gasteiger partial charge in [0.25, 0.3) is 0 Å². The number of carboxylic acids is 1. The van der Waals surface area contributed by atoms with Gasteiger partial charge in [0, 0.05) is 24.0 Å². The molecule has 1 N–H and O–H groups in total. The number of rotatable bonds is 2. The van der Waals surface area contributed by atoms with Crippen LogP contribution in [0.5, 0.6) is 0 Å². The summed E-state index contributed by atoms with van der Waals surface area (Å²) in [5.74, 6) is -0.919. The molecule has 0 aliphatic heterocycles. The Balaban J connectivity index is 0.000000288. The summed E-state index contributed by atoms with van der Waals surface area (Å²) in [6.07, 6.45) is 2.90. The van der Waals surface area contributed by atoms with E-state index in [-0.39, 0.29) is 5.56 Å². The SMILES string of the molecule is CCOC(=O)Cl.O=C(O)c1ccncc1. The van der Waals surface area contributed by atoms with Gasteiger partial charge >= 0.3 is 11.4 Å². The van der Waals surface area contributed by atoms with Gasteiger partial charge in [-0.1, -0.05) is 0 Å². The van der Waals surface area contributed by atoms with Gasteiger partial charge < -0.3 is 9.84 Å². The van der Waals surface area contributed by atoms with E-state index in [1.165, 1.54) is 24.5 Å². The monoisotopic (exact) mass is 231 g/mol. The van der Waals surface area contributed by atoms with E-state index in [1.807, 2.05) is 0 Å². The second kappa shape index (κ2) is 7.75. The van der Waals surface area contributed by atoms with Crippen LogP contribution in [0.3, 0.4) is 0 Å². The molecule has 15 heavy (non-hydrogen) atoms. The minimum Gasteiger partial charge on any atom is -0.478 e. The van der Waals surface area contributed by atoms with Crippen LogP contribution in [0.15, 0.2) is 24.5 Å². The fourth-order valence-electron chi connectivity index (χ4n) is 0.608. The Morgan fingerprint density at radius 2 is 2.00 bits per heavy atom. The number of aromatic nitrogens is 1. The Morgan fingerprint density at radius 3 is 2.20 bits per heavy atom. The van der Waals surface area contributed by atoms with Gasteiger partial charge in [-0.2, -0.15) is 0 Å². The number of hydrogen-bond donors (Lipinski definition) is 1. The Kier molecular flexibility index (Phi) is 6.92. The fraction of sp³-hybridized carbons (Fsp3) is 0.222. The number of nitrogens with zero attached hydrogens (tertiary/aromatic N) is 1. The first-order valence-corrected chi connectivity index (χ1v) is 4.41. The molecule has 5 nitrogen and oxygen atoms in total. The maximum absolute atomic E-state index is 10.2. The van der Waals surface area contributed by atoms with Crippen molar-refractivity contribution in [3.05, 3.63) is 30.1 Å². The first kappa shape index (κ1) is 13.4. The van der Waals surface area contributed by atoms with Gasteiger partial charge in [0.2, 0.25) is 0 Å². The lowest BCUT2D eigenvalue weighted by molar-refractivity contribution is 0.0696. The number of hydrogen-bond acceptors (Lipinski definition) is 4. The van der Waals surface area contributed by atoms with E-state index in [1.54, 1.807) is 6.92 Å². The molecule has 0 saturated carbocycles. The Labute approximate surface area is 91.7 Å². The van der Waals surface area contributed by atoms with Gasteiger partial charge in [-0.05, 0) is 19.1 Å². The second-order valence-electron chi connectivity index (χ2n) is 2.21. The van der Waals surface area contributed by atoms with E-state index in [9.17, 15) is 9.59 Å². The molecule has 0 bridgehead atoms. The van der Waals surface area contributed by atoms with E-state index in [0.717, 1.165) is 0 Å². The average Bonchev–Trinajstić information content (AvgIpc) is 2.20. The van der Waals surface area contributed by atoms with Crippen LogP contribution >= 0.6 is 11.6 Å². The maximum atomic E-state index is 10.2. The van der Waals surface area contributed by atoms with E-state index in [0.29, 0.717) is 6.61 Å². The average molecular weight is 232 g/mol. The first-order chi connectivity index (χ1) is 7.07. The number of pyridine rings is 1. The van der Waals surface area contributed by atoms with Crippen LogP contribution in [-0.2, 0) is 4.74 Å². The largest absolute Gasteiger partial charge is 0.478 e. The van der Waals surface area contributed by atoms with E-state index in [4.69, 9.17) is 16.7 Å². The number of halogens is 1. The molecular weight excluding hydrogens is 222 g/mol. The van der Waals surface area contributed by atoms with Crippen molar-refractivity contribution < 1.29 is 19.4 Å². The Morgan fingerprint density at radius 1 is 1.47 bits per heavy atom. The number of carboxylic acid groups (broad SMARTS) is 1. The predicted octanol–water partition coefficient (Wildman–Crippen LogP) is 2.16. The summed E-state index contributed by atoms with van der Waals surface area (Å²) >= 11 is 4.72. The third-order valence-corrected chi connectivity index (χ3v) is 1.29. The molecule has 0 aliphatic rings. The summed E-state index contributed by atoms with van der Waals surface area (Å²) in [6.45, 7) is 2.04. The zero-order valence-corrected chi connectivity index (χ0v) is 8.77. The first-order valence-electron chi connectivity index (χ1n) is 4.03. The third kappa shape index (κ3) is 7.45. The number of carbonyl (C=O) groups is 2. The quantitative estimate of drug-likeness (QED) is 0.790. The third-order valence-electron chi connectivity index (χ3n) is 1.19. The van der Waals surface area contributed by atoms with E-state index >= 15 is 0 Å². The Hall–Kier alpha value is -1.62. The summed E-state index contributed by atoms with van der Waals surface area (Å²) in [7, 11) is 0. The van der Waals surface area contributed by atoms with Crippen molar-refractivity contribution in [2.75, 3.05) is 6.61 Å². The van der Waals surface area contributed by atoms with Crippen molar-refractivity contribution in [2.45, 2.75) is 6.92 Å². The molecule has 6 heteroatoms. The van der Waals surface area contributed by atoms with Crippen LogP contribution in [-0.4, -0.2) is 28.1 Å². The van der Waals surface area contributed by atoms with E-state index < -0.39 is 11.4 Å². The lowest BCUT2D eigenvalue weighted by Crippen LogP contribution is -1.94. The van der Waals surface area contributed by atoms with Gasteiger partial charge in [0.05, 0.1) is 12.2 Å². The molecule has 1 aromatic rings. The normalized spacial score (nSPS) is 8.40. The summed E-state index contributed by atoms with van der Waals surface area (Å²) in [6, 6.07) is 2.89. The molecule has 0 unspecified atom stereocenters. The van der Waals surface area contributed by atoms with E-state index in [2.05, 4.69) is 9.72 Å². The number of ether oxygens (including phenoxy) is 1. The fourth-order valence-corrected chi connectivity index (χ4v) is 0.717. The number of aromatic carboxylic acids is 1. The highest BCUT2D eigenvalue weighted by Crippen LogP contribution is 1.93. The molecule has 0 radical (unpaired) electrons. The smallest absolute Gasteiger partial charge is 0.403 e. The van der Waals surface area contributed by atoms with Crippen LogP contribution in [0.4, 0.5) is 4.79 Å². The lowest BCUT2D eigenvalue weighted by atomic mass is 10.3. The highest BCUT2D eigenvalue weighted by Gasteiger charge is 1.97. The molecular formula is C9H10ClNO4. The van der Waals surface area contributed by atoms with Gasteiger partial charge in [-0.3, -0.25) is 4.98 Å². The molecule has 1 aromatic heterocycles. The van der Waals surface area contributed by atoms with Crippen LogP contribution in [0.25, 0.3) is 0 Å². The van der Waals surface area contributed by atoms with Crippen LogP contribution < -0.4 is 0 Å².